The molecule has 1 unspecified atom stereocenters. The number of aromatic nitrogens is 2. The van der Waals surface area contributed by atoms with Crippen molar-refractivity contribution in [2.75, 3.05) is 63.8 Å². The van der Waals surface area contributed by atoms with Crippen LogP contribution < -0.4 is 25.6 Å². The van der Waals surface area contributed by atoms with Gasteiger partial charge in [-0.3, -0.25) is 24.1 Å². The average molecular weight is 1050 g/mol. The van der Waals surface area contributed by atoms with Crippen LogP contribution in [-0.4, -0.2) is 143 Å². The SMILES string of the molecule is Cc1ncsc1-c1ccc([C@H](C)NC(=O)[C@@H]2C[C@@H](O)CN2C(=O)[C@H](NC(=O)CN2CCN(CCC3CCN(c4ccc(C(=O)NC5C(C)(C)C(Oc6ccc(C#N)c(Cl)c6)C5(C)C)cn4)C3)CC2)C(C)(C)C)cc1. The Kier molecular flexibility index (Phi) is 16.5. The standard InChI is InChI=1S/C56H73ClN10O6S/c1-34(37-10-12-38(13-11-37)47-35(2)60-33-74-47)61-50(71)44-26-41(68)31-67(44)51(72)48(54(3,4)5)62-46(69)32-65-24-22-64(23-25-65)20-18-36-19-21-66(30-36)45-17-15-40(29-59-45)49(70)63-52-55(6,7)53(56(52,8)9)73-42-16-14-39(28-58)43(57)27-42/h10-17,27,29,33-34,36,41,44,48,52-53,68H,18-26,30-32H2,1-9H3,(H,61,71)(H,62,69)(H,63,70)/t34-,36?,41+,44-,48-,52?,53?/m0/s1. The molecule has 1 saturated carbocycles. The van der Waals surface area contributed by atoms with Crippen molar-refractivity contribution in [2.24, 2.45) is 22.2 Å². The summed E-state index contributed by atoms with van der Waals surface area (Å²) in [6.45, 7) is 24.0. The zero-order valence-electron chi connectivity index (χ0n) is 44.3. The van der Waals surface area contributed by atoms with Crippen LogP contribution in [0.15, 0.2) is 66.3 Å². The van der Waals surface area contributed by atoms with Crippen LogP contribution >= 0.6 is 22.9 Å². The second kappa shape index (κ2) is 22.3. The number of halogens is 1. The highest BCUT2D eigenvalue weighted by Crippen LogP contribution is 2.55. The molecule has 0 bridgehead atoms. The Morgan fingerprint density at radius 1 is 0.946 bits per heavy atom. The Balaban J connectivity index is 0.756. The predicted molar refractivity (Wildman–Crippen MR) is 288 cm³/mol. The van der Waals surface area contributed by atoms with E-state index in [0.717, 1.165) is 86.2 Å². The van der Waals surface area contributed by atoms with Crippen molar-refractivity contribution in [1.82, 2.24) is 40.6 Å². The quantitative estimate of drug-likeness (QED) is 0.0913. The molecule has 5 atom stereocenters. The molecule has 8 rings (SSSR count). The maximum Gasteiger partial charge on any atom is 0.253 e. The molecule has 2 aromatic heterocycles. The van der Waals surface area contributed by atoms with Crippen LogP contribution in [0.25, 0.3) is 10.4 Å². The second-order valence-corrected chi connectivity index (χ2v) is 24.4. The number of likely N-dealkylation sites (tertiary alicyclic amines) is 1. The molecule has 74 heavy (non-hydrogen) atoms. The summed E-state index contributed by atoms with van der Waals surface area (Å²) >= 11 is 7.85. The van der Waals surface area contributed by atoms with Crippen molar-refractivity contribution in [1.29, 1.82) is 5.26 Å². The summed E-state index contributed by atoms with van der Waals surface area (Å²) in [4.78, 5) is 73.7. The molecule has 4 aromatic rings. The van der Waals surface area contributed by atoms with Crippen molar-refractivity contribution >= 4 is 52.4 Å². The highest BCUT2D eigenvalue weighted by Gasteiger charge is 2.64. The number of carbonyl (C=O) groups is 4. The summed E-state index contributed by atoms with van der Waals surface area (Å²) in [6.07, 6.45) is 2.83. The molecule has 16 nitrogen and oxygen atoms in total. The van der Waals surface area contributed by atoms with Gasteiger partial charge in [0.25, 0.3) is 5.91 Å². The first-order valence-corrected chi connectivity index (χ1v) is 27.2. The third kappa shape index (κ3) is 12.1. The van der Waals surface area contributed by atoms with E-state index in [4.69, 9.17) is 21.3 Å². The van der Waals surface area contributed by atoms with Gasteiger partial charge in [-0.2, -0.15) is 5.26 Å². The Labute approximate surface area is 445 Å². The van der Waals surface area contributed by atoms with Crippen molar-refractivity contribution in [2.45, 2.75) is 118 Å². The Morgan fingerprint density at radius 3 is 2.27 bits per heavy atom. The van der Waals surface area contributed by atoms with Crippen LogP contribution in [-0.2, 0) is 14.4 Å². The van der Waals surface area contributed by atoms with Crippen LogP contribution in [0.1, 0.15) is 108 Å². The van der Waals surface area contributed by atoms with E-state index in [-0.39, 0.29) is 72.2 Å². The Hall–Kier alpha value is -5.64. The molecule has 4 aliphatic rings. The topological polar surface area (TPSA) is 196 Å². The summed E-state index contributed by atoms with van der Waals surface area (Å²) in [5.74, 6) is 0.815. The fourth-order valence-electron chi connectivity index (χ4n) is 11.8. The highest BCUT2D eigenvalue weighted by atomic mass is 35.5. The third-order valence-corrected chi connectivity index (χ3v) is 17.1. The zero-order valence-corrected chi connectivity index (χ0v) is 45.9. The molecule has 4 fully saturated rings. The molecule has 0 spiro atoms. The zero-order chi connectivity index (χ0) is 53.3. The molecule has 3 aliphatic heterocycles. The lowest BCUT2D eigenvalue weighted by Gasteiger charge is -2.63. The van der Waals surface area contributed by atoms with Gasteiger partial charge in [-0.05, 0) is 80.0 Å². The summed E-state index contributed by atoms with van der Waals surface area (Å²) in [5, 5.41) is 29.7. The van der Waals surface area contributed by atoms with Gasteiger partial charge >= 0.3 is 0 Å². The fraction of sp³-hybridized carbons (Fsp3) is 0.554. The number of anilines is 1. The summed E-state index contributed by atoms with van der Waals surface area (Å²) < 4.78 is 6.39. The first-order valence-electron chi connectivity index (χ1n) is 25.9. The molecule has 1 aliphatic carbocycles. The largest absolute Gasteiger partial charge is 0.489 e. The number of β-amino-alcohol motifs (C(OH)–C–C–N with tert-alkyl or cyclic N) is 1. The van der Waals surface area contributed by atoms with Crippen molar-refractivity contribution in [3.63, 3.8) is 0 Å². The van der Waals surface area contributed by atoms with E-state index < -0.39 is 23.6 Å². The van der Waals surface area contributed by atoms with Crippen molar-refractivity contribution < 1.29 is 29.0 Å². The van der Waals surface area contributed by atoms with Gasteiger partial charge in [0.2, 0.25) is 17.7 Å². The van der Waals surface area contributed by atoms with E-state index in [0.29, 0.717) is 27.8 Å². The smallest absolute Gasteiger partial charge is 0.253 e. The minimum Gasteiger partial charge on any atom is -0.489 e. The number of nitriles is 1. The van der Waals surface area contributed by atoms with E-state index in [2.05, 4.69) is 69.4 Å². The predicted octanol–water partition coefficient (Wildman–Crippen LogP) is 6.85. The van der Waals surface area contributed by atoms with Gasteiger partial charge < -0.3 is 40.5 Å². The van der Waals surface area contributed by atoms with Crippen molar-refractivity contribution in [3.05, 3.63) is 93.7 Å². The number of benzene rings is 2. The van der Waals surface area contributed by atoms with E-state index in [1.165, 1.54) is 4.90 Å². The number of piperazine rings is 1. The summed E-state index contributed by atoms with van der Waals surface area (Å²) in [7, 11) is 0. The third-order valence-electron chi connectivity index (χ3n) is 15.8. The second-order valence-electron chi connectivity index (χ2n) is 23.1. The molecule has 4 N–H and O–H groups in total. The number of ether oxygens (including phenoxy) is 1. The van der Waals surface area contributed by atoms with Crippen LogP contribution in [0, 0.1) is 40.4 Å². The lowest BCUT2D eigenvalue weighted by Crippen LogP contribution is -2.74. The molecule has 396 valence electrons. The van der Waals surface area contributed by atoms with Gasteiger partial charge in [-0.1, -0.05) is 84.3 Å². The highest BCUT2D eigenvalue weighted by molar-refractivity contribution is 7.13. The van der Waals surface area contributed by atoms with Crippen molar-refractivity contribution in [3.8, 4) is 22.3 Å². The minimum atomic E-state index is -0.896. The maximum absolute atomic E-state index is 14.3. The number of thiazole rings is 1. The number of rotatable bonds is 16. The number of nitrogens with zero attached hydrogens (tertiary/aromatic N) is 7. The Bertz CT molecular complexity index is 2700. The molecule has 3 saturated heterocycles. The molecule has 18 heteroatoms. The first-order chi connectivity index (χ1) is 35.0. The number of carbonyl (C=O) groups excluding carboxylic acids is 4. The number of nitrogens with one attached hydrogen (secondary N) is 3. The van der Waals surface area contributed by atoms with Gasteiger partial charge in [-0.15, -0.1) is 11.3 Å². The number of aryl methyl sites for hydroxylation is 1. The average Bonchev–Trinajstić information content (AvgIpc) is 4.13. The van der Waals surface area contributed by atoms with E-state index in [1.54, 1.807) is 35.7 Å². The van der Waals surface area contributed by atoms with E-state index in [9.17, 15) is 29.5 Å². The summed E-state index contributed by atoms with van der Waals surface area (Å²) in [6, 6.07) is 16.7. The molecule has 4 amide bonds. The fourth-order valence-corrected chi connectivity index (χ4v) is 12.8. The van der Waals surface area contributed by atoms with Gasteiger partial charge in [0.15, 0.2) is 0 Å². The monoisotopic (exact) mass is 1050 g/mol. The number of hydrogen-bond donors (Lipinski definition) is 4. The van der Waals surface area contributed by atoms with Crippen LogP contribution in [0.3, 0.4) is 0 Å². The van der Waals surface area contributed by atoms with Crippen LogP contribution in [0.5, 0.6) is 5.75 Å². The van der Waals surface area contributed by atoms with Crippen LogP contribution in [0.2, 0.25) is 5.02 Å². The molecular weight excluding hydrogens is 976 g/mol. The molecule has 5 heterocycles. The van der Waals surface area contributed by atoms with Gasteiger partial charge in [0, 0.05) is 81.4 Å². The number of aliphatic hydroxyl groups excluding tert-OH is 1. The molecule has 0 radical (unpaired) electrons. The van der Waals surface area contributed by atoms with Gasteiger partial charge in [0.1, 0.15) is 35.8 Å². The molecular formula is C56H73ClN10O6S. The number of hydrogen-bond acceptors (Lipinski definition) is 13. The summed E-state index contributed by atoms with van der Waals surface area (Å²) in [5.41, 5.74) is 4.25. The normalized spacial score (nSPS) is 23.6. The first kappa shape index (κ1) is 54.6. The van der Waals surface area contributed by atoms with E-state index >= 15 is 0 Å². The lowest BCUT2D eigenvalue weighted by atomic mass is 9.49. The van der Waals surface area contributed by atoms with Crippen LogP contribution in [0.4, 0.5) is 5.82 Å². The van der Waals surface area contributed by atoms with Gasteiger partial charge in [0.05, 0.1) is 50.9 Å². The maximum atomic E-state index is 14.3. The number of pyridine rings is 1. The number of amides is 4. The minimum absolute atomic E-state index is 0.0138. The van der Waals surface area contributed by atoms with Gasteiger partial charge in [-0.25, -0.2) is 9.97 Å². The molecule has 2 aromatic carbocycles. The Morgan fingerprint density at radius 2 is 1.65 bits per heavy atom. The van der Waals surface area contributed by atoms with E-state index in [1.807, 2.05) is 76.5 Å². The lowest BCUT2D eigenvalue weighted by molar-refractivity contribution is -0.164. The number of aliphatic hydroxyl groups is 1.